The van der Waals surface area contributed by atoms with Gasteiger partial charge in [-0.15, -0.1) is 0 Å². The SMILES string of the molecule is CC(C)(C)S(=O)(=O)CCOc1cccc(Cl)c1/C(N)=N/O. The standard InChI is InChI=1S/C13H19ClN2O4S/c1-13(2,3)21(18,19)8-7-20-10-6-4-5-9(14)11(10)12(15)16-17/h4-6,17H,7-8H2,1-3H3,(H2,15,16). The highest BCUT2D eigenvalue weighted by Crippen LogP contribution is 2.26. The van der Waals surface area contributed by atoms with E-state index in [1.807, 2.05) is 0 Å². The van der Waals surface area contributed by atoms with Gasteiger partial charge >= 0.3 is 0 Å². The number of nitrogens with zero attached hydrogens (tertiary/aromatic N) is 1. The van der Waals surface area contributed by atoms with Crippen molar-refractivity contribution in [2.45, 2.75) is 25.5 Å². The summed E-state index contributed by atoms with van der Waals surface area (Å²) < 4.78 is 28.6. The molecule has 118 valence electrons. The van der Waals surface area contributed by atoms with Gasteiger partial charge in [-0.2, -0.15) is 0 Å². The van der Waals surface area contributed by atoms with E-state index in [0.717, 1.165) is 0 Å². The number of amidine groups is 1. The molecule has 0 spiro atoms. The smallest absolute Gasteiger partial charge is 0.175 e. The number of oxime groups is 1. The van der Waals surface area contributed by atoms with Gasteiger partial charge in [-0.1, -0.05) is 22.8 Å². The predicted octanol–water partition coefficient (Wildman–Crippen LogP) is 2.03. The summed E-state index contributed by atoms with van der Waals surface area (Å²) in [6.07, 6.45) is 0. The molecule has 0 fully saturated rings. The van der Waals surface area contributed by atoms with E-state index in [9.17, 15) is 8.42 Å². The third-order valence-electron chi connectivity index (χ3n) is 2.88. The molecular weight excluding hydrogens is 316 g/mol. The third kappa shape index (κ3) is 4.25. The molecule has 0 saturated carbocycles. The van der Waals surface area contributed by atoms with E-state index >= 15 is 0 Å². The number of halogens is 1. The van der Waals surface area contributed by atoms with Gasteiger partial charge in [-0.25, -0.2) is 8.42 Å². The van der Waals surface area contributed by atoms with Gasteiger partial charge in [0.15, 0.2) is 15.7 Å². The van der Waals surface area contributed by atoms with Crippen LogP contribution in [0.3, 0.4) is 0 Å². The Kier molecular flexibility index (Phi) is 5.47. The van der Waals surface area contributed by atoms with Crippen molar-refractivity contribution >= 4 is 27.3 Å². The maximum absolute atomic E-state index is 12.0. The summed E-state index contributed by atoms with van der Waals surface area (Å²) in [5.41, 5.74) is 5.77. The summed E-state index contributed by atoms with van der Waals surface area (Å²) in [6, 6.07) is 4.76. The molecule has 0 aliphatic carbocycles. The predicted molar refractivity (Wildman–Crippen MR) is 83.0 cm³/mol. The Morgan fingerprint density at radius 1 is 1.43 bits per heavy atom. The maximum atomic E-state index is 12.0. The highest BCUT2D eigenvalue weighted by Gasteiger charge is 2.28. The molecule has 0 aliphatic rings. The number of rotatable bonds is 5. The first-order chi connectivity index (χ1) is 9.60. The van der Waals surface area contributed by atoms with Gasteiger partial charge < -0.3 is 15.7 Å². The fourth-order valence-corrected chi connectivity index (χ4v) is 2.67. The summed E-state index contributed by atoms with van der Waals surface area (Å²) in [5, 5.41) is 11.9. The fraction of sp³-hybridized carbons (Fsp3) is 0.462. The van der Waals surface area contributed by atoms with E-state index in [0.29, 0.717) is 0 Å². The Morgan fingerprint density at radius 2 is 2.05 bits per heavy atom. The van der Waals surface area contributed by atoms with E-state index < -0.39 is 14.6 Å². The van der Waals surface area contributed by atoms with Crippen molar-refractivity contribution in [2.75, 3.05) is 12.4 Å². The van der Waals surface area contributed by atoms with Crippen LogP contribution >= 0.6 is 11.6 Å². The van der Waals surface area contributed by atoms with E-state index in [-0.39, 0.29) is 34.5 Å². The average Bonchev–Trinajstić information content (AvgIpc) is 2.36. The largest absolute Gasteiger partial charge is 0.492 e. The molecule has 6 nitrogen and oxygen atoms in total. The molecular formula is C13H19ClN2O4S. The van der Waals surface area contributed by atoms with Crippen LogP contribution in [-0.2, 0) is 9.84 Å². The van der Waals surface area contributed by atoms with Gasteiger partial charge in [0.25, 0.3) is 0 Å². The summed E-state index contributed by atoms with van der Waals surface area (Å²) in [6.45, 7) is 4.84. The second-order valence-corrected chi connectivity index (χ2v) is 8.65. The van der Waals surface area contributed by atoms with Gasteiger partial charge in [0.05, 0.1) is 21.1 Å². The Morgan fingerprint density at radius 3 is 2.57 bits per heavy atom. The summed E-state index contributed by atoms with van der Waals surface area (Å²) >= 11 is 5.97. The van der Waals surface area contributed by atoms with Gasteiger partial charge in [-0.3, -0.25) is 0 Å². The first-order valence-corrected chi connectivity index (χ1v) is 8.24. The van der Waals surface area contributed by atoms with Crippen LogP contribution in [0.2, 0.25) is 5.02 Å². The summed E-state index contributed by atoms with van der Waals surface area (Å²) in [5.74, 6) is -0.0743. The molecule has 0 heterocycles. The van der Waals surface area contributed by atoms with Crippen LogP contribution in [0.4, 0.5) is 0 Å². The Bertz CT molecular complexity index is 636. The zero-order valence-electron chi connectivity index (χ0n) is 12.1. The monoisotopic (exact) mass is 334 g/mol. The number of sulfone groups is 1. The zero-order valence-corrected chi connectivity index (χ0v) is 13.7. The van der Waals surface area contributed by atoms with Crippen molar-refractivity contribution in [3.05, 3.63) is 28.8 Å². The first kappa shape index (κ1) is 17.6. The molecule has 0 aliphatic heterocycles. The Hall–Kier alpha value is -1.47. The lowest BCUT2D eigenvalue weighted by Crippen LogP contribution is -2.32. The highest BCUT2D eigenvalue weighted by molar-refractivity contribution is 7.92. The van der Waals surface area contributed by atoms with Gasteiger partial charge in [-0.05, 0) is 32.9 Å². The number of ether oxygens (including phenoxy) is 1. The summed E-state index contributed by atoms with van der Waals surface area (Å²) in [7, 11) is -3.29. The quantitative estimate of drug-likeness (QED) is 0.371. The number of hydrogen-bond donors (Lipinski definition) is 2. The van der Waals surface area contributed by atoms with Crippen LogP contribution in [0.5, 0.6) is 5.75 Å². The zero-order chi connectivity index (χ0) is 16.3. The van der Waals surface area contributed by atoms with Crippen molar-refractivity contribution in [3.8, 4) is 5.75 Å². The van der Waals surface area contributed by atoms with Gasteiger partial charge in [0, 0.05) is 0 Å². The fourth-order valence-electron chi connectivity index (χ4n) is 1.49. The topological polar surface area (TPSA) is 102 Å². The van der Waals surface area contributed by atoms with Crippen molar-refractivity contribution in [3.63, 3.8) is 0 Å². The molecule has 0 amide bonds. The minimum atomic E-state index is -3.29. The lowest BCUT2D eigenvalue weighted by Gasteiger charge is -2.19. The van der Waals surface area contributed by atoms with Gasteiger partial charge in [0.2, 0.25) is 0 Å². The normalized spacial score (nSPS) is 13.2. The first-order valence-electron chi connectivity index (χ1n) is 6.21. The minimum Gasteiger partial charge on any atom is -0.492 e. The van der Waals surface area contributed by atoms with Crippen LogP contribution in [0, 0.1) is 0 Å². The van der Waals surface area contributed by atoms with Crippen LogP contribution in [0.15, 0.2) is 23.4 Å². The lowest BCUT2D eigenvalue weighted by atomic mass is 10.2. The highest BCUT2D eigenvalue weighted by atomic mass is 35.5. The van der Waals surface area contributed by atoms with Crippen LogP contribution in [0.1, 0.15) is 26.3 Å². The molecule has 0 atom stereocenters. The van der Waals surface area contributed by atoms with Crippen LogP contribution < -0.4 is 10.5 Å². The second-order valence-electron chi connectivity index (χ2n) is 5.38. The van der Waals surface area contributed by atoms with Crippen molar-refractivity contribution in [2.24, 2.45) is 10.9 Å². The summed E-state index contributed by atoms with van der Waals surface area (Å²) in [4.78, 5) is 0. The third-order valence-corrected chi connectivity index (χ3v) is 5.77. The van der Waals surface area contributed by atoms with Crippen LogP contribution in [-0.4, -0.2) is 36.6 Å². The average molecular weight is 335 g/mol. The number of hydrogen-bond acceptors (Lipinski definition) is 5. The minimum absolute atomic E-state index is 0.0499. The molecule has 0 bridgehead atoms. The van der Waals surface area contributed by atoms with Crippen LogP contribution in [0.25, 0.3) is 0 Å². The molecule has 3 N–H and O–H groups in total. The van der Waals surface area contributed by atoms with Crippen molar-refractivity contribution in [1.29, 1.82) is 0 Å². The van der Waals surface area contributed by atoms with Crippen molar-refractivity contribution < 1.29 is 18.4 Å². The maximum Gasteiger partial charge on any atom is 0.175 e. The second kappa shape index (κ2) is 6.53. The molecule has 0 unspecified atom stereocenters. The van der Waals surface area contributed by atoms with E-state index in [4.69, 9.17) is 27.3 Å². The molecule has 0 saturated heterocycles. The molecule has 8 heteroatoms. The Labute approximate surface area is 129 Å². The van der Waals surface area contributed by atoms with E-state index in [2.05, 4.69) is 5.16 Å². The molecule has 0 aromatic heterocycles. The van der Waals surface area contributed by atoms with E-state index in [1.165, 1.54) is 0 Å². The lowest BCUT2D eigenvalue weighted by molar-refractivity contribution is 0.317. The molecule has 1 aromatic rings. The number of benzene rings is 1. The Balaban J connectivity index is 2.90. The molecule has 21 heavy (non-hydrogen) atoms. The number of nitrogens with two attached hydrogens (primary N) is 1. The molecule has 0 radical (unpaired) electrons. The van der Waals surface area contributed by atoms with E-state index in [1.54, 1.807) is 39.0 Å². The van der Waals surface area contributed by atoms with Gasteiger partial charge in [0.1, 0.15) is 12.4 Å². The molecule has 1 rings (SSSR count). The van der Waals surface area contributed by atoms with Crippen molar-refractivity contribution in [1.82, 2.24) is 0 Å². The molecule has 1 aromatic carbocycles.